The van der Waals surface area contributed by atoms with Gasteiger partial charge in [-0.2, -0.15) is 0 Å². The lowest BCUT2D eigenvalue weighted by Gasteiger charge is -2.13. The van der Waals surface area contributed by atoms with Gasteiger partial charge in [-0.1, -0.05) is 26.7 Å². The summed E-state index contributed by atoms with van der Waals surface area (Å²) in [5, 5.41) is 0. The van der Waals surface area contributed by atoms with Crippen LogP contribution >= 0.6 is 0 Å². The van der Waals surface area contributed by atoms with Crippen LogP contribution in [0.3, 0.4) is 0 Å². The molecule has 2 saturated heterocycles. The predicted octanol–water partition coefficient (Wildman–Crippen LogP) is 2.04. The summed E-state index contributed by atoms with van der Waals surface area (Å²) in [6.07, 6.45) is 18.2. The van der Waals surface area contributed by atoms with Gasteiger partial charge in [-0.05, 0) is 12.8 Å². The molecule has 2 aromatic rings. The SMILES string of the molecule is CCCC[n+]1ccn([C@H]2CO[C@H]3[C@@H]2OC[C@@H]3n2cc[n+](CCCC)c2)c1. The molecule has 2 aliphatic rings. The summed E-state index contributed by atoms with van der Waals surface area (Å²) in [5.74, 6) is 0. The Morgan fingerprint density at radius 2 is 1.27 bits per heavy atom. The van der Waals surface area contributed by atoms with Crippen molar-refractivity contribution in [3.63, 3.8) is 0 Å². The average Bonchev–Trinajstić information content (AvgIpc) is 3.41. The zero-order chi connectivity index (χ0) is 17.9. The molecule has 26 heavy (non-hydrogen) atoms. The van der Waals surface area contributed by atoms with Crippen LogP contribution in [-0.2, 0) is 22.6 Å². The van der Waals surface area contributed by atoms with Crippen LogP contribution in [0.2, 0.25) is 0 Å². The number of hydrogen-bond acceptors (Lipinski definition) is 2. The lowest BCUT2D eigenvalue weighted by molar-refractivity contribution is -0.697. The molecule has 0 bridgehead atoms. The van der Waals surface area contributed by atoms with Crippen molar-refractivity contribution in [2.24, 2.45) is 0 Å². The lowest BCUT2D eigenvalue weighted by atomic mass is 10.1. The van der Waals surface area contributed by atoms with Gasteiger partial charge in [-0.15, -0.1) is 0 Å². The van der Waals surface area contributed by atoms with Crippen molar-refractivity contribution in [1.82, 2.24) is 9.13 Å². The number of aryl methyl sites for hydroxylation is 2. The second kappa shape index (κ2) is 7.92. The monoisotopic (exact) mass is 360 g/mol. The minimum Gasteiger partial charge on any atom is -0.366 e. The van der Waals surface area contributed by atoms with E-state index in [1.54, 1.807) is 0 Å². The summed E-state index contributed by atoms with van der Waals surface area (Å²) in [4.78, 5) is 0. The van der Waals surface area contributed by atoms with Crippen LogP contribution in [0.15, 0.2) is 37.4 Å². The first-order valence-corrected chi connectivity index (χ1v) is 10.2. The van der Waals surface area contributed by atoms with E-state index in [4.69, 9.17) is 9.47 Å². The molecule has 0 unspecified atom stereocenters. The highest BCUT2D eigenvalue weighted by molar-refractivity contribution is 5.00. The third-order valence-electron chi connectivity index (χ3n) is 5.73. The summed E-state index contributed by atoms with van der Waals surface area (Å²) in [7, 11) is 0. The minimum absolute atomic E-state index is 0.138. The Morgan fingerprint density at radius 3 is 1.69 bits per heavy atom. The number of hydrogen-bond donors (Lipinski definition) is 0. The first-order chi connectivity index (χ1) is 12.8. The van der Waals surface area contributed by atoms with Crippen LogP contribution in [0.5, 0.6) is 0 Å². The van der Waals surface area contributed by atoms with Gasteiger partial charge in [0.15, 0.2) is 12.1 Å². The van der Waals surface area contributed by atoms with Gasteiger partial charge in [0.25, 0.3) is 0 Å². The third kappa shape index (κ3) is 3.45. The summed E-state index contributed by atoms with van der Waals surface area (Å²) >= 11 is 0. The molecule has 6 nitrogen and oxygen atoms in total. The Labute approximate surface area is 156 Å². The Kier molecular flexibility index (Phi) is 5.41. The zero-order valence-electron chi connectivity index (χ0n) is 16.0. The fraction of sp³-hybridized carbons (Fsp3) is 0.700. The second-order valence-corrected chi connectivity index (χ2v) is 7.64. The van der Waals surface area contributed by atoms with E-state index in [-0.39, 0.29) is 24.3 Å². The van der Waals surface area contributed by atoms with E-state index in [1.807, 2.05) is 0 Å². The lowest BCUT2D eigenvalue weighted by Crippen LogP contribution is -2.33. The van der Waals surface area contributed by atoms with Crippen molar-refractivity contribution < 1.29 is 18.6 Å². The summed E-state index contributed by atoms with van der Waals surface area (Å²) in [5.41, 5.74) is 0. The van der Waals surface area contributed by atoms with Crippen molar-refractivity contribution in [2.75, 3.05) is 13.2 Å². The van der Waals surface area contributed by atoms with Gasteiger partial charge < -0.3 is 9.47 Å². The van der Waals surface area contributed by atoms with E-state index in [1.165, 1.54) is 25.7 Å². The van der Waals surface area contributed by atoms with Crippen LogP contribution in [0.4, 0.5) is 0 Å². The first-order valence-electron chi connectivity index (χ1n) is 10.2. The highest BCUT2D eigenvalue weighted by Gasteiger charge is 2.52. The van der Waals surface area contributed by atoms with Crippen LogP contribution in [0.1, 0.15) is 51.6 Å². The van der Waals surface area contributed by atoms with Gasteiger partial charge in [0.1, 0.15) is 37.0 Å². The summed E-state index contributed by atoms with van der Waals surface area (Å²) < 4.78 is 21.5. The van der Waals surface area contributed by atoms with Crippen molar-refractivity contribution in [3.05, 3.63) is 37.4 Å². The van der Waals surface area contributed by atoms with Gasteiger partial charge in [0.05, 0.1) is 26.3 Å². The maximum Gasteiger partial charge on any atom is 0.244 e. The minimum atomic E-state index is 0.138. The molecule has 142 valence electrons. The second-order valence-electron chi connectivity index (χ2n) is 7.64. The van der Waals surface area contributed by atoms with Gasteiger partial charge in [-0.3, -0.25) is 0 Å². The number of ether oxygens (including phenoxy) is 2. The van der Waals surface area contributed by atoms with Crippen molar-refractivity contribution in [1.29, 1.82) is 0 Å². The van der Waals surface area contributed by atoms with Crippen LogP contribution < -0.4 is 9.13 Å². The molecule has 4 heterocycles. The quantitative estimate of drug-likeness (QED) is 0.676. The molecule has 6 heteroatoms. The van der Waals surface area contributed by atoms with Crippen molar-refractivity contribution in [3.8, 4) is 0 Å². The molecular formula is C20H32N4O2+2. The van der Waals surface area contributed by atoms with E-state index >= 15 is 0 Å². The number of imidazole rings is 2. The van der Waals surface area contributed by atoms with Gasteiger partial charge in [0, 0.05) is 0 Å². The smallest absolute Gasteiger partial charge is 0.244 e. The topological polar surface area (TPSA) is 36.1 Å². The molecule has 4 atom stereocenters. The molecule has 0 spiro atoms. The fourth-order valence-corrected chi connectivity index (χ4v) is 4.13. The Balaban J connectivity index is 1.42. The standard InChI is InChI=1S/C20H32N4O2/c1-3-5-7-21-9-11-23(15-21)17-13-25-20-18(14-26-19(17)20)24-12-10-22(16-24)8-6-4-2/h9-12,15-20H,3-8,13-14H2,1-2H3/q+2/t17-,18-,19+,20+/m0/s1. The van der Waals surface area contributed by atoms with E-state index in [2.05, 4.69) is 69.6 Å². The normalized spacial score (nSPS) is 27.9. The number of unbranched alkanes of at least 4 members (excludes halogenated alkanes) is 2. The average molecular weight is 361 g/mol. The predicted molar refractivity (Wildman–Crippen MR) is 96.6 cm³/mol. The largest absolute Gasteiger partial charge is 0.366 e. The molecule has 0 N–H and O–H groups in total. The maximum atomic E-state index is 6.21. The van der Waals surface area contributed by atoms with Crippen molar-refractivity contribution >= 4 is 0 Å². The van der Waals surface area contributed by atoms with Crippen LogP contribution in [-0.4, -0.2) is 34.6 Å². The van der Waals surface area contributed by atoms with Gasteiger partial charge in [-0.25, -0.2) is 18.3 Å². The van der Waals surface area contributed by atoms with E-state index in [9.17, 15) is 0 Å². The maximum absolute atomic E-state index is 6.21. The molecule has 2 aliphatic heterocycles. The fourth-order valence-electron chi connectivity index (χ4n) is 4.13. The summed E-state index contributed by atoms with van der Waals surface area (Å²) in [6, 6.07) is 0.548. The molecule has 0 saturated carbocycles. The van der Waals surface area contributed by atoms with E-state index in [0.29, 0.717) is 0 Å². The number of fused-ring (bicyclic) bond motifs is 1. The van der Waals surface area contributed by atoms with E-state index in [0.717, 1.165) is 26.3 Å². The number of rotatable bonds is 8. The molecule has 4 rings (SSSR count). The zero-order valence-corrected chi connectivity index (χ0v) is 16.0. The summed E-state index contributed by atoms with van der Waals surface area (Å²) in [6.45, 7) is 8.07. The van der Waals surface area contributed by atoms with E-state index < -0.39 is 0 Å². The number of aromatic nitrogens is 4. The molecule has 0 radical (unpaired) electrons. The first kappa shape index (κ1) is 17.7. The molecule has 2 fully saturated rings. The third-order valence-corrected chi connectivity index (χ3v) is 5.73. The van der Waals surface area contributed by atoms with Gasteiger partial charge >= 0.3 is 0 Å². The number of nitrogens with zero attached hydrogens (tertiary/aromatic N) is 4. The molecular weight excluding hydrogens is 328 g/mol. The molecule has 2 aromatic heterocycles. The van der Waals surface area contributed by atoms with Crippen molar-refractivity contribution in [2.45, 2.75) is 76.9 Å². The van der Waals surface area contributed by atoms with Gasteiger partial charge in [0.2, 0.25) is 12.7 Å². The molecule has 0 aromatic carbocycles. The highest BCUT2D eigenvalue weighted by atomic mass is 16.6. The Bertz CT molecular complexity index is 650. The molecule has 0 aliphatic carbocycles. The molecule has 0 amide bonds. The Morgan fingerprint density at radius 1 is 0.808 bits per heavy atom. The van der Waals surface area contributed by atoms with Crippen LogP contribution in [0, 0.1) is 0 Å². The van der Waals surface area contributed by atoms with Crippen LogP contribution in [0.25, 0.3) is 0 Å². The Hall–Kier alpha value is -1.66. The highest BCUT2D eigenvalue weighted by Crippen LogP contribution is 2.39.